The quantitative estimate of drug-likeness (QED) is 0.0440. The van der Waals surface area contributed by atoms with Crippen molar-refractivity contribution in [2.24, 2.45) is 0 Å². The molecule has 0 saturated carbocycles. The molecule has 0 fully saturated rings. The van der Waals surface area contributed by atoms with Gasteiger partial charge in [0.2, 0.25) is 5.91 Å². The van der Waals surface area contributed by atoms with Crippen molar-refractivity contribution < 1.29 is 24.2 Å². The summed E-state index contributed by atoms with van der Waals surface area (Å²) >= 11 is 0. The molecule has 2 N–H and O–H groups in total. The lowest BCUT2D eigenvalue weighted by Gasteiger charge is -2.15. The molecule has 0 aromatic heterocycles. The highest BCUT2D eigenvalue weighted by atomic mass is 16.5. The van der Waals surface area contributed by atoms with Crippen LogP contribution in [-0.4, -0.2) is 35.6 Å². The zero-order valence-electron chi connectivity index (χ0n) is 28.3. The number of ether oxygens (including phenoxy) is 1. The number of hydrogen-bond donors (Lipinski definition) is 2. The van der Waals surface area contributed by atoms with Crippen LogP contribution in [-0.2, 0) is 19.1 Å². The maximum Gasteiger partial charge on any atom is 0.322 e. The zero-order chi connectivity index (χ0) is 31.6. The van der Waals surface area contributed by atoms with Gasteiger partial charge in [-0.15, -0.1) is 0 Å². The van der Waals surface area contributed by atoms with E-state index in [0.717, 1.165) is 57.8 Å². The van der Waals surface area contributed by atoms with Crippen LogP contribution in [0, 0.1) is 0 Å². The van der Waals surface area contributed by atoms with Crippen molar-refractivity contribution in [1.29, 1.82) is 0 Å². The molecule has 0 aliphatic carbocycles. The highest BCUT2D eigenvalue weighted by molar-refractivity contribution is 5.80. The Morgan fingerprint density at radius 2 is 1.05 bits per heavy atom. The number of aliphatic carboxylic acids is 1. The number of esters is 1. The third kappa shape index (κ3) is 32.9. The van der Waals surface area contributed by atoms with Gasteiger partial charge < -0.3 is 15.2 Å². The van der Waals surface area contributed by atoms with Gasteiger partial charge in [-0.1, -0.05) is 155 Å². The van der Waals surface area contributed by atoms with Gasteiger partial charge in [0.15, 0.2) is 0 Å². The number of carboxylic acids is 1. The molecular weight excluding hydrogens is 538 g/mol. The Bertz CT molecular complexity index is 678. The second-order valence-electron chi connectivity index (χ2n) is 12.5. The smallest absolute Gasteiger partial charge is 0.322 e. The van der Waals surface area contributed by atoms with E-state index in [4.69, 9.17) is 9.84 Å². The molecule has 0 rings (SSSR count). The monoisotopic (exact) mass is 608 g/mol. The number of amides is 1. The molecule has 0 aromatic rings. The van der Waals surface area contributed by atoms with Crippen molar-refractivity contribution in [1.82, 2.24) is 5.32 Å². The summed E-state index contributed by atoms with van der Waals surface area (Å²) in [7, 11) is 0. The van der Waals surface area contributed by atoms with E-state index in [1.165, 1.54) is 109 Å². The van der Waals surface area contributed by atoms with Crippen LogP contribution in [0.1, 0.15) is 194 Å². The number of carboxylic acid groups (broad SMARTS) is 1. The summed E-state index contributed by atoms with van der Waals surface area (Å²) in [5.74, 6) is -1.33. The molecule has 0 saturated heterocycles. The Hall–Kier alpha value is -1.85. The van der Waals surface area contributed by atoms with E-state index in [2.05, 4.69) is 25.2 Å². The molecule has 0 bridgehead atoms. The predicted molar refractivity (Wildman–Crippen MR) is 180 cm³/mol. The molecule has 1 atom stereocenters. The first-order valence-electron chi connectivity index (χ1n) is 18.3. The highest BCUT2D eigenvalue weighted by Crippen LogP contribution is 2.16. The van der Waals surface area contributed by atoms with Crippen LogP contribution >= 0.6 is 0 Å². The third-order valence-corrected chi connectivity index (χ3v) is 8.15. The van der Waals surface area contributed by atoms with E-state index < -0.39 is 5.97 Å². The summed E-state index contributed by atoms with van der Waals surface area (Å²) < 4.78 is 5.79. The maximum absolute atomic E-state index is 12.4. The summed E-state index contributed by atoms with van der Waals surface area (Å²) in [4.78, 5) is 34.5. The minimum atomic E-state index is -1.03. The minimum Gasteiger partial charge on any atom is -0.480 e. The molecule has 1 unspecified atom stereocenters. The Balaban J connectivity index is 3.71. The standard InChI is InChI=1S/C37H69NO5/c1-3-5-7-8-9-10-11-12-13-14-15-16-17-18-19-20-21-22-28-32-37(42)43-34(29-25-6-4-2)30-26-23-24-27-31-35(39)38-33-36(40)41/h25,29,34H,3-24,26-28,30-33H2,1-2H3,(H,38,39)(H,40,41)/b29-25-. The lowest BCUT2D eigenvalue weighted by Crippen LogP contribution is -2.28. The van der Waals surface area contributed by atoms with Crippen molar-refractivity contribution in [3.63, 3.8) is 0 Å². The third-order valence-electron chi connectivity index (χ3n) is 8.15. The fourth-order valence-corrected chi connectivity index (χ4v) is 5.43. The topological polar surface area (TPSA) is 92.7 Å². The maximum atomic E-state index is 12.4. The number of hydrogen-bond acceptors (Lipinski definition) is 4. The molecular formula is C37H69NO5. The van der Waals surface area contributed by atoms with E-state index >= 15 is 0 Å². The molecule has 43 heavy (non-hydrogen) atoms. The van der Waals surface area contributed by atoms with Crippen molar-refractivity contribution in [2.45, 2.75) is 200 Å². The average molecular weight is 608 g/mol. The Morgan fingerprint density at radius 3 is 1.51 bits per heavy atom. The van der Waals surface area contributed by atoms with E-state index in [-0.39, 0.29) is 24.5 Å². The van der Waals surface area contributed by atoms with Crippen LogP contribution in [0.15, 0.2) is 12.2 Å². The summed E-state index contributed by atoms with van der Waals surface area (Å²) in [6.07, 6.45) is 36.8. The van der Waals surface area contributed by atoms with Crippen LogP contribution in [0.2, 0.25) is 0 Å². The Morgan fingerprint density at radius 1 is 0.605 bits per heavy atom. The second-order valence-corrected chi connectivity index (χ2v) is 12.5. The van der Waals surface area contributed by atoms with E-state index in [0.29, 0.717) is 12.8 Å². The first kappa shape index (κ1) is 41.1. The summed E-state index contributed by atoms with van der Waals surface area (Å²) in [6, 6.07) is 0. The fourth-order valence-electron chi connectivity index (χ4n) is 5.43. The molecule has 0 aliphatic heterocycles. The number of nitrogens with one attached hydrogen (secondary N) is 1. The number of allylic oxidation sites excluding steroid dienone is 1. The van der Waals surface area contributed by atoms with Crippen molar-refractivity contribution >= 4 is 17.8 Å². The molecule has 1 amide bonds. The molecule has 0 spiro atoms. The summed E-state index contributed by atoms with van der Waals surface area (Å²) in [6.45, 7) is 4.09. The molecule has 6 heteroatoms. The first-order chi connectivity index (χ1) is 21.0. The molecule has 0 radical (unpaired) electrons. The number of rotatable bonds is 33. The van der Waals surface area contributed by atoms with Crippen LogP contribution in [0.4, 0.5) is 0 Å². The normalized spacial score (nSPS) is 12.0. The van der Waals surface area contributed by atoms with Crippen LogP contribution < -0.4 is 5.32 Å². The van der Waals surface area contributed by atoms with Crippen molar-refractivity contribution in [2.75, 3.05) is 6.54 Å². The molecule has 6 nitrogen and oxygen atoms in total. The van der Waals surface area contributed by atoms with Gasteiger partial charge in [-0.3, -0.25) is 14.4 Å². The van der Waals surface area contributed by atoms with E-state index in [1.54, 1.807) is 0 Å². The second kappa shape index (κ2) is 33.1. The Labute approximate surface area is 265 Å². The van der Waals surface area contributed by atoms with Crippen molar-refractivity contribution in [3.8, 4) is 0 Å². The van der Waals surface area contributed by atoms with E-state index in [9.17, 15) is 14.4 Å². The molecule has 0 heterocycles. The first-order valence-corrected chi connectivity index (χ1v) is 18.3. The van der Waals surface area contributed by atoms with Gasteiger partial charge in [0.1, 0.15) is 12.6 Å². The Kier molecular flexibility index (Phi) is 31.6. The number of unbranched alkanes of at least 4 members (excludes halogenated alkanes) is 22. The minimum absolute atomic E-state index is 0.0896. The van der Waals surface area contributed by atoms with Gasteiger partial charge >= 0.3 is 11.9 Å². The lowest BCUT2D eigenvalue weighted by molar-refractivity contribution is -0.147. The molecule has 0 aliphatic rings. The summed E-state index contributed by atoms with van der Waals surface area (Å²) in [5.41, 5.74) is 0. The SMILES string of the molecule is CCC/C=C\C(CCCCCCC(=O)NCC(=O)O)OC(=O)CCCCCCCCCCCCCCCCCCCCC. The van der Waals surface area contributed by atoms with E-state index in [1.807, 2.05) is 6.08 Å². The van der Waals surface area contributed by atoms with Crippen LogP contribution in [0.25, 0.3) is 0 Å². The van der Waals surface area contributed by atoms with Crippen molar-refractivity contribution in [3.05, 3.63) is 12.2 Å². The van der Waals surface area contributed by atoms with Gasteiger partial charge in [0, 0.05) is 12.8 Å². The van der Waals surface area contributed by atoms with Gasteiger partial charge in [0.05, 0.1) is 0 Å². The average Bonchev–Trinajstić information content (AvgIpc) is 2.98. The van der Waals surface area contributed by atoms with Crippen LogP contribution in [0.5, 0.6) is 0 Å². The highest BCUT2D eigenvalue weighted by Gasteiger charge is 2.12. The zero-order valence-corrected chi connectivity index (χ0v) is 28.3. The number of carbonyl (C=O) groups excluding carboxylic acids is 2. The van der Waals surface area contributed by atoms with Gasteiger partial charge in [0.25, 0.3) is 0 Å². The van der Waals surface area contributed by atoms with Gasteiger partial charge in [-0.2, -0.15) is 0 Å². The van der Waals surface area contributed by atoms with Crippen LogP contribution in [0.3, 0.4) is 0 Å². The molecule has 252 valence electrons. The van der Waals surface area contributed by atoms with Gasteiger partial charge in [-0.25, -0.2) is 0 Å². The largest absolute Gasteiger partial charge is 0.480 e. The predicted octanol–water partition coefficient (Wildman–Crippen LogP) is 10.6. The number of carbonyl (C=O) groups is 3. The molecule has 0 aromatic carbocycles. The summed E-state index contributed by atoms with van der Waals surface area (Å²) in [5, 5.41) is 11.0. The van der Waals surface area contributed by atoms with Gasteiger partial charge in [-0.05, 0) is 38.2 Å². The lowest BCUT2D eigenvalue weighted by atomic mass is 10.0. The fraction of sp³-hybridized carbons (Fsp3) is 0.865.